The van der Waals surface area contributed by atoms with Gasteiger partial charge in [0.05, 0.1) is 11.1 Å². The van der Waals surface area contributed by atoms with Crippen LogP contribution in [0, 0.1) is 0 Å². The average Bonchev–Trinajstić information content (AvgIpc) is 2.77. The number of amides is 1. The number of hydrogen-bond donors (Lipinski definition) is 2. The zero-order valence-corrected chi connectivity index (χ0v) is 16.3. The van der Waals surface area contributed by atoms with Crippen LogP contribution in [0.1, 0.15) is 21.5 Å². The van der Waals surface area contributed by atoms with Crippen molar-refractivity contribution < 1.29 is 18.0 Å². The Morgan fingerprint density at radius 2 is 1.68 bits per heavy atom. The number of aromatic nitrogens is 1. The zero-order valence-electron chi connectivity index (χ0n) is 16.3. The molecule has 156 valence electrons. The molecule has 3 aromatic carbocycles. The van der Waals surface area contributed by atoms with Gasteiger partial charge in [0, 0.05) is 35.1 Å². The third-order valence-corrected chi connectivity index (χ3v) is 4.72. The molecule has 0 aliphatic carbocycles. The van der Waals surface area contributed by atoms with Crippen molar-refractivity contribution in [3.8, 4) is 0 Å². The van der Waals surface area contributed by atoms with Crippen LogP contribution in [-0.2, 0) is 12.7 Å². The molecule has 4 nitrogen and oxygen atoms in total. The SMILES string of the molecule is O=C(NCc1cccc(C(F)(F)F)c1)c1cccc(Nc2ccc3ncccc3c2)c1. The van der Waals surface area contributed by atoms with Gasteiger partial charge in [-0.25, -0.2) is 0 Å². The van der Waals surface area contributed by atoms with Gasteiger partial charge in [0.2, 0.25) is 0 Å². The lowest BCUT2D eigenvalue weighted by Gasteiger charge is -2.11. The standard InChI is InChI=1S/C24H18F3N3O/c25-24(26,27)19-7-1-4-16(12-19)15-29-23(31)18-5-2-8-20(14-18)30-21-9-10-22-17(13-21)6-3-11-28-22/h1-14,30H,15H2,(H,29,31). The Morgan fingerprint density at radius 1 is 0.871 bits per heavy atom. The maximum Gasteiger partial charge on any atom is 0.416 e. The summed E-state index contributed by atoms with van der Waals surface area (Å²) in [4.78, 5) is 16.8. The van der Waals surface area contributed by atoms with E-state index in [0.29, 0.717) is 11.1 Å². The Bertz CT molecular complexity index is 1240. The minimum atomic E-state index is -4.42. The van der Waals surface area contributed by atoms with Gasteiger partial charge in [0.15, 0.2) is 0 Å². The molecule has 0 fully saturated rings. The van der Waals surface area contributed by atoms with Gasteiger partial charge in [0.1, 0.15) is 0 Å². The average molecular weight is 421 g/mol. The van der Waals surface area contributed by atoms with E-state index < -0.39 is 11.7 Å². The molecule has 0 aliphatic heterocycles. The van der Waals surface area contributed by atoms with Crippen LogP contribution < -0.4 is 10.6 Å². The molecule has 7 heteroatoms. The summed E-state index contributed by atoms with van der Waals surface area (Å²) in [5.74, 6) is -0.372. The van der Waals surface area contributed by atoms with E-state index in [0.717, 1.165) is 34.4 Å². The molecule has 0 bridgehead atoms. The highest BCUT2D eigenvalue weighted by molar-refractivity contribution is 5.95. The summed E-state index contributed by atoms with van der Waals surface area (Å²) in [6.07, 6.45) is -2.68. The molecule has 0 aliphatic rings. The number of carbonyl (C=O) groups is 1. The molecular formula is C24H18F3N3O. The molecule has 31 heavy (non-hydrogen) atoms. The van der Waals surface area contributed by atoms with Gasteiger partial charge in [-0.3, -0.25) is 9.78 Å². The summed E-state index contributed by atoms with van der Waals surface area (Å²) < 4.78 is 38.5. The highest BCUT2D eigenvalue weighted by Gasteiger charge is 2.30. The maximum atomic E-state index is 12.8. The maximum absolute atomic E-state index is 12.8. The number of nitrogens with zero attached hydrogens (tertiary/aromatic N) is 1. The number of carbonyl (C=O) groups excluding carboxylic acids is 1. The van der Waals surface area contributed by atoms with Crippen LogP contribution in [0.2, 0.25) is 0 Å². The van der Waals surface area contributed by atoms with Crippen molar-refractivity contribution >= 4 is 28.2 Å². The molecule has 0 atom stereocenters. The third kappa shape index (κ3) is 5.01. The molecule has 2 N–H and O–H groups in total. The van der Waals surface area contributed by atoms with Crippen molar-refractivity contribution in [2.45, 2.75) is 12.7 Å². The minimum absolute atomic E-state index is 0.00190. The topological polar surface area (TPSA) is 54.0 Å². The van der Waals surface area contributed by atoms with E-state index in [1.165, 1.54) is 6.07 Å². The largest absolute Gasteiger partial charge is 0.416 e. The summed E-state index contributed by atoms with van der Waals surface area (Å²) in [5, 5.41) is 6.91. The summed E-state index contributed by atoms with van der Waals surface area (Å²) in [6, 6.07) is 21.4. The van der Waals surface area contributed by atoms with E-state index >= 15 is 0 Å². The van der Waals surface area contributed by atoms with Crippen LogP contribution in [0.5, 0.6) is 0 Å². The van der Waals surface area contributed by atoms with Gasteiger partial charge < -0.3 is 10.6 Å². The fraction of sp³-hybridized carbons (Fsp3) is 0.0833. The fourth-order valence-corrected chi connectivity index (χ4v) is 3.20. The van der Waals surface area contributed by atoms with E-state index in [9.17, 15) is 18.0 Å². The molecule has 0 saturated heterocycles. The van der Waals surface area contributed by atoms with E-state index in [1.807, 2.05) is 36.4 Å². The second-order valence-corrected chi connectivity index (χ2v) is 7.00. The van der Waals surface area contributed by atoms with Gasteiger partial charge in [-0.05, 0) is 60.2 Å². The first-order valence-corrected chi connectivity index (χ1v) is 9.55. The van der Waals surface area contributed by atoms with Crippen molar-refractivity contribution in [2.24, 2.45) is 0 Å². The smallest absolute Gasteiger partial charge is 0.355 e. The lowest BCUT2D eigenvalue weighted by atomic mass is 10.1. The molecule has 1 aromatic heterocycles. The van der Waals surface area contributed by atoms with E-state index in [2.05, 4.69) is 15.6 Å². The number of benzene rings is 3. The zero-order chi connectivity index (χ0) is 21.8. The van der Waals surface area contributed by atoms with Crippen LogP contribution in [0.4, 0.5) is 24.5 Å². The van der Waals surface area contributed by atoms with Crippen LogP contribution in [0.25, 0.3) is 10.9 Å². The van der Waals surface area contributed by atoms with Crippen molar-refractivity contribution in [1.82, 2.24) is 10.3 Å². The van der Waals surface area contributed by atoms with Crippen LogP contribution in [0.15, 0.2) is 85.1 Å². The van der Waals surface area contributed by atoms with Gasteiger partial charge in [-0.1, -0.05) is 24.3 Å². The number of pyridine rings is 1. The Balaban J connectivity index is 1.44. The van der Waals surface area contributed by atoms with E-state index in [1.54, 1.807) is 30.5 Å². The Kier molecular flexibility index (Phi) is 5.58. The number of hydrogen-bond acceptors (Lipinski definition) is 3. The second-order valence-electron chi connectivity index (χ2n) is 7.00. The second kappa shape index (κ2) is 8.47. The lowest BCUT2D eigenvalue weighted by Crippen LogP contribution is -2.23. The summed E-state index contributed by atoms with van der Waals surface area (Å²) in [5.41, 5.74) is 2.49. The molecule has 0 unspecified atom stereocenters. The molecule has 0 spiro atoms. The molecule has 0 saturated carbocycles. The molecule has 1 amide bonds. The quantitative estimate of drug-likeness (QED) is 0.420. The van der Waals surface area contributed by atoms with Gasteiger partial charge in [-0.15, -0.1) is 0 Å². The number of halogens is 3. The lowest BCUT2D eigenvalue weighted by molar-refractivity contribution is -0.137. The first-order valence-electron chi connectivity index (χ1n) is 9.55. The van der Waals surface area contributed by atoms with Crippen molar-refractivity contribution in [3.63, 3.8) is 0 Å². The highest BCUT2D eigenvalue weighted by Crippen LogP contribution is 2.29. The number of rotatable bonds is 5. The molecule has 4 rings (SSSR count). The van der Waals surface area contributed by atoms with Crippen LogP contribution >= 0.6 is 0 Å². The van der Waals surface area contributed by atoms with Crippen molar-refractivity contribution in [3.05, 3.63) is 102 Å². The van der Waals surface area contributed by atoms with Gasteiger partial charge >= 0.3 is 6.18 Å². The van der Waals surface area contributed by atoms with E-state index in [-0.39, 0.29) is 12.5 Å². The van der Waals surface area contributed by atoms with Gasteiger partial charge in [-0.2, -0.15) is 13.2 Å². The van der Waals surface area contributed by atoms with Crippen molar-refractivity contribution in [1.29, 1.82) is 0 Å². The predicted octanol–water partition coefficient (Wildman–Crippen LogP) is 5.93. The number of fused-ring (bicyclic) bond motifs is 1. The Morgan fingerprint density at radius 3 is 2.52 bits per heavy atom. The summed E-state index contributed by atoms with van der Waals surface area (Å²) >= 11 is 0. The molecule has 1 heterocycles. The van der Waals surface area contributed by atoms with Crippen LogP contribution in [0.3, 0.4) is 0 Å². The predicted molar refractivity (Wildman–Crippen MR) is 114 cm³/mol. The van der Waals surface area contributed by atoms with Crippen LogP contribution in [-0.4, -0.2) is 10.9 Å². The highest BCUT2D eigenvalue weighted by atomic mass is 19.4. The van der Waals surface area contributed by atoms with E-state index in [4.69, 9.17) is 0 Å². The summed E-state index contributed by atoms with van der Waals surface area (Å²) in [6.45, 7) is -0.00190. The number of alkyl halides is 3. The first kappa shape index (κ1) is 20.4. The first-order chi connectivity index (χ1) is 14.9. The Hall–Kier alpha value is -3.87. The molecule has 4 aromatic rings. The fourth-order valence-electron chi connectivity index (χ4n) is 3.20. The molecular weight excluding hydrogens is 403 g/mol. The Labute approximate surface area is 176 Å². The normalized spacial score (nSPS) is 11.3. The minimum Gasteiger partial charge on any atom is -0.355 e. The van der Waals surface area contributed by atoms with Gasteiger partial charge in [0.25, 0.3) is 5.91 Å². The number of nitrogens with one attached hydrogen (secondary N) is 2. The van der Waals surface area contributed by atoms with Crippen molar-refractivity contribution in [2.75, 3.05) is 5.32 Å². The summed E-state index contributed by atoms with van der Waals surface area (Å²) in [7, 11) is 0. The number of anilines is 2. The molecule has 0 radical (unpaired) electrons. The monoisotopic (exact) mass is 421 g/mol. The third-order valence-electron chi connectivity index (χ3n) is 4.72.